The third kappa shape index (κ3) is 6.31. The number of benzene rings is 1. The second-order valence-corrected chi connectivity index (χ2v) is 8.15. The van der Waals surface area contributed by atoms with E-state index in [1.165, 1.54) is 25.9 Å². The molecule has 2 atom stereocenters. The first-order valence-electron chi connectivity index (χ1n) is 10.1. The highest BCUT2D eigenvalue weighted by molar-refractivity contribution is 5.80. The molecule has 1 amide bonds. The lowest BCUT2D eigenvalue weighted by molar-refractivity contribution is -0.127. The minimum absolute atomic E-state index is 0.0341. The predicted octanol–water partition coefficient (Wildman–Crippen LogP) is 4.12. The van der Waals surface area contributed by atoms with Crippen molar-refractivity contribution in [2.24, 2.45) is 5.92 Å². The summed E-state index contributed by atoms with van der Waals surface area (Å²) in [6, 6.07) is 6.21. The third-order valence-electron chi connectivity index (χ3n) is 5.16. The molecule has 1 N–H and O–H groups in total. The number of likely N-dealkylation sites (tertiary alicyclic amines) is 1. The van der Waals surface area contributed by atoms with Gasteiger partial charge in [-0.25, -0.2) is 0 Å². The van der Waals surface area contributed by atoms with E-state index in [1.54, 1.807) is 0 Å². The highest BCUT2D eigenvalue weighted by Crippen LogP contribution is 2.28. The van der Waals surface area contributed by atoms with Crippen molar-refractivity contribution in [3.8, 4) is 5.75 Å². The molecule has 0 unspecified atom stereocenters. The van der Waals surface area contributed by atoms with Gasteiger partial charge in [0.25, 0.3) is 5.91 Å². The summed E-state index contributed by atoms with van der Waals surface area (Å²) in [6.45, 7) is 14.6. The Kier molecular flexibility index (Phi) is 7.95. The fraction of sp³-hybridized carbons (Fsp3) is 0.682. The van der Waals surface area contributed by atoms with Gasteiger partial charge in [-0.15, -0.1) is 0 Å². The summed E-state index contributed by atoms with van der Waals surface area (Å²) in [6.07, 6.45) is 3.16. The highest BCUT2D eigenvalue weighted by atomic mass is 16.5. The maximum absolute atomic E-state index is 12.4. The van der Waals surface area contributed by atoms with Gasteiger partial charge in [-0.2, -0.15) is 0 Å². The van der Waals surface area contributed by atoms with Crippen molar-refractivity contribution in [3.63, 3.8) is 0 Å². The normalized spacial score (nSPS) is 19.4. The summed E-state index contributed by atoms with van der Waals surface area (Å²) in [5.74, 6) is 1.96. The summed E-state index contributed by atoms with van der Waals surface area (Å²) >= 11 is 0. The lowest BCUT2D eigenvalue weighted by atomic mass is 10.0. The Hall–Kier alpha value is -1.55. The molecule has 4 heteroatoms. The lowest BCUT2D eigenvalue weighted by Gasteiger charge is -2.30. The molecule has 2 rings (SSSR count). The quantitative estimate of drug-likeness (QED) is 0.709. The van der Waals surface area contributed by atoms with Crippen molar-refractivity contribution in [1.29, 1.82) is 0 Å². The number of carbonyl (C=O) groups is 1. The van der Waals surface area contributed by atoms with Crippen LogP contribution in [-0.2, 0) is 4.79 Å². The van der Waals surface area contributed by atoms with Crippen LogP contribution in [0.5, 0.6) is 5.75 Å². The van der Waals surface area contributed by atoms with Crippen LogP contribution in [0.2, 0.25) is 0 Å². The van der Waals surface area contributed by atoms with Crippen LogP contribution >= 0.6 is 0 Å². The Bertz CT molecular complexity index is 586. The number of aryl methyl sites for hydroxylation is 1. The number of hydrogen-bond donors (Lipinski definition) is 1. The molecule has 1 aliphatic rings. The predicted molar refractivity (Wildman–Crippen MR) is 108 cm³/mol. The average Bonchev–Trinajstić information content (AvgIpc) is 2.58. The molecule has 1 saturated heterocycles. The Labute approximate surface area is 159 Å². The summed E-state index contributed by atoms with van der Waals surface area (Å²) in [5, 5.41) is 3.03. The second kappa shape index (κ2) is 9.96. The SMILES string of the molecule is Cc1ccc(C(C)C)c(O[C@@H](C)C(=O)NCCCN2CCC[C@@H](C)C2)c1. The van der Waals surface area contributed by atoms with Crippen LogP contribution in [0, 0.1) is 12.8 Å². The van der Waals surface area contributed by atoms with Crippen LogP contribution in [0.25, 0.3) is 0 Å². The van der Waals surface area contributed by atoms with Crippen LogP contribution in [0.1, 0.15) is 64.0 Å². The van der Waals surface area contributed by atoms with Gasteiger partial charge in [-0.1, -0.05) is 32.9 Å². The number of piperidine rings is 1. The summed E-state index contributed by atoms with van der Waals surface area (Å²) < 4.78 is 5.99. The fourth-order valence-electron chi connectivity index (χ4n) is 3.61. The molecular weight excluding hydrogens is 324 g/mol. The maximum atomic E-state index is 12.4. The van der Waals surface area contributed by atoms with Gasteiger partial charge in [-0.3, -0.25) is 4.79 Å². The number of amides is 1. The van der Waals surface area contributed by atoms with Crippen molar-refractivity contribution < 1.29 is 9.53 Å². The first-order valence-corrected chi connectivity index (χ1v) is 10.1. The highest BCUT2D eigenvalue weighted by Gasteiger charge is 2.18. The number of nitrogens with zero attached hydrogens (tertiary/aromatic N) is 1. The van der Waals surface area contributed by atoms with Gasteiger partial charge in [0, 0.05) is 13.1 Å². The van der Waals surface area contributed by atoms with E-state index in [9.17, 15) is 4.79 Å². The van der Waals surface area contributed by atoms with Crippen molar-refractivity contribution in [2.75, 3.05) is 26.2 Å². The van der Waals surface area contributed by atoms with Gasteiger partial charge < -0.3 is 15.0 Å². The Morgan fingerprint density at radius 2 is 2.12 bits per heavy atom. The summed E-state index contributed by atoms with van der Waals surface area (Å²) in [7, 11) is 0. The molecule has 0 spiro atoms. The average molecular weight is 361 g/mol. The van der Waals surface area contributed by atoms with E-state index in [0.717, 1.165) is 35.8 Å². The van der Waals surface area contributed by atoms with E-state index in [1.807, 2.05) is 19.9 Å². The Morgan fingerprint density at radius 1 is 1.35 bits per heavy atom. The first-order chi connectivity index (χ1) is 12.4. The van der Waals surface area contributed by atoms with Crippen molar-refractivity contribution >= 4 is 5.91 Å². The van der Waals surface area contributed by atoms with Gasteiger partial charge >= 0.3 is 0 Å². The number of ether oxygens (including phenoxy) is 1. The van der Waals surface area contributed by atoms with E-state index in [4.69, 9.17) is 4.74 Å². The van der Waals surface area contributed by atoms with Crippen molar-refractivity contribution in [1.82, 2.24) is 10.2 Å². The summed E-state index contributed by atoms with van der Waals surface area (Å²) in [4.78, 5) is 14.9. The van der Waals surface area contributed by atoms with Gasteiger partial charge in [-0.05, 0) is 75.2 Å². The molecule has 1 heterocycles. The van der Waals surface area contributed by atoms with E-state index in [2.05, 4.69) is 43.1 Å². The molecular formula is C22H36N2O2. The van der Waals surface area contributed by atoms with Gasteiger partial charge in [0.15, 0.2) is 6.10 Å². The molecule has 0 aliphatic carbocycles. The van der Waals surface area contributed by atoms with Gasteiger partial charge in [0.05, 0.1) is 0 Å². The smallest absolute Gasteiger partial charge is 0.260 e. The van der Waals surface area contributed by atoms with E-state index < -0.39 is 6.10 Å². The van der Waals surface area contributed by atoms with Crippen LogP contribution < -0.4 is 10.1 Å². The van der Waals surface area contributed by atoms with E-state index >= 15 is 0 Å². The second-order valence-electron chi connectivity index (χ2n) is 8.15. The molecule has 4 nitrogen and oxygen atoms in total. The minimum atomic E-state index is -0.482. The van der Waals surface area contributed by atoms with Crippen LogP contribution in [-0.4, -0.2) is 43.1 Å². The largest absolute Gasteiger partial charge is 0.481 e. The first kappa shape index (κ1) is 20.8. The fourth-order valence-corrected chi connectivity index (χ4v) is 3.61. The lowest BCUT2D eigenvalue weighted by Crippen LogP contribution is -2.39. The Morgan fingerprint density at radius 3 is 2.81 bits per heavy atom. The van der Waals surface area contributed by atoms with Crippen LogP contribution in [0.4, 0.5) is 0 Å². The van der Waals surface area contributed by atoms with E-state index in [0.29, 0.717) is 12.5 Å². The van der Waals surface area contributed by atoms with E-state index in [-0.39, 0.29) is 5.91 Å². The molecule has 0 bridgehead atoms. The monoisotopic (exact) mass is 360 g/mol. The van der Waals surface area contributed by atoms with Crippen LogP contribution in [0.15, 0.2) is 18.2 Å². The van der Waals surface area contributed by atoms with Crippen LogP contribution in [0.3, 0.4) is 0 Å². The zero-order valence-electron chi connectivity index (χ0n) is 17.2. The topological polar surface area (TPSA) is 41.6 Å². The molecule has 1 fully saturated rings. The standard InChI is InChI=1S/C22H36N2O2/c1-16(2)20-10-9-17(3)14-21(20)26-19(5)22(25)23-11-7-13-24-12-6-8-18(4)15-24/h9-10,14,16,18-19H,6-8,11-13,15H2,1-5H3,(H,23,25)/t18-,19+/m1/s1. The number of carbonyl (C=O) groups excluding carboxylic acids is 1. The third-order valence-corrected chi connectivity index (χ3v) is 5.16. The zero-order valence-corrected chi connectivity index (χ0v) is 17.2. The zero-order chi connectivity index (χ0) is 19.1. The van der Waals surface area contributed by atoms with Gasteiger partial charge in [0.2, 0.25) is 0 Å². The molecule has 146 valence electrons. The molecule has 0 radical (unpaired) electrons. The molecule has 1 aromatic carbocycles. The summed E-state index contributed by atoms with van der Waals surface area (Å²) in [5.41, 5.74) is 2.29. The Balaban J connectivity index is 1.76. The maximum Gasteiger partial charge on any atom is 0.260 e. The molecule has 0 aromatic heterocycles. The van der Waals surface area contributed by atoms with Crippen molar-refractivity contribution in [2.45, 2.75) is 65.9 Å². The van der Waals surface area contributed by atoms with Crippen molar-refractivity contribution in [3.05, 3.63) is 29.3 Å². The number of nitrogens with one attached hydrogen (secondary N) is 1. The number of hydrogen-bond acceptors (Lipinski definition) is 3. The molecule has 1 aromatic rings. The molecule has 0 saturated carbocycles. The van der Waals surface area contributed by atoms with Gasteiger partial charge in [0.1, 0.15) is 5.75 Å². The number of rotatable bonds is 8. The minimum Gasteiger partial charge on any atom is -0.481 e. The molecule has 26 heavy (non-hydrogen) atoms. The molecule has 1 aliphatic heterocycles.